The lowest BCUT2D eigenvalue weighted by atomic mass is 9.69. The van der Waals surface area contributed by atoms with Crippen LogP contribution >= 0.6 is 0 Å². The van der Waals surface area contributed by atoms with E-state index >= 15 is 0 Å². The summed E-state index contributed by atoms with van der Waals surface area (Å²) in [4.78, 5) is -0.741. The topological polar surface area (TPSA) is 209 Å². The predicted molar refractivity (Wildman–Crippen MR) is 205 cm³/mol. The van der Waals surface area contributed by atoms with E-state index in [1.165, 1.54) is 12.1 Å². The predicted octanol–water partition coefficient (Wildman–Crippen LogP) is 7.04. The Morgan fingerprint density at radius 1 is 0.692 bits per heavy atom. The second-order valence-electron chi connectivity index (χ2n) is 14.7. The van der Waals surface area contributed by atoms with Crippen molar-refractivity contribution in [1.82, 2.24) is 5.43 Å². The lowest BCUT2D eigenvalue weighted by Crippen LogP contribution is -2.49. The van der Waals surface area contributed by atoms with Crippen LogP contribution in [-0.4, -0.2) is 47.7 Å². The van der Waals surface area contributed by atoms with Crippen LogP contribution in [0.1, 0.15) is 72.1 Å². The summed E-state index contributed by atoms with van der Waals surface area (Å²) in [6.45, 7) is 15.7. The maximum Gasteiger partial charge on any atom is 0.294 e. The molecule has 0 radical (unpaired) electrons. The van der Waals surface area contributed by atoms with Crippen molar-refractivity contribution in [3.63, 3.8) is 0 Å². The number of hydrogen-bond acceptors (Lipinski definition) is 11. The minimum atomic E-state index is -4.74. The standard InChI is InChI=1S/C37H49N5O8S2/c1-23(2)39-26-15-11-25(12-16-26)35(3,4)37(7,8)40-31-21-34(52(48,49)50)29(20-33(31)44)36(5,6)42-41-27-13-9-24(10-14-27)22-38-30-19-28(51(45,46)47)17-18-32(30)43/h9-21,23,38-44H,22H2,1-8H3,(H,45,46,47)(H,48,49,50). The van der Waals surface area contributed by atoms with Crippen molar-refractivity contribution in [2.45, 2.75) is 94.3 Å². The number of hydrogen-bond donors (Lipinski definition) is 9. The first-order valence-electron chi connectivity index (χ1n) is 16.6. The van der Waals surface area contributed by atoms with E-state index in [9.17, 15) is 36.2 Å². The Hall–Kier alpha value is -4.54. The molecule has 52 heavy (non-hydrogen) atoms. The van der Waals surface area contributed by atoms with E-state index < -0.39 is 36.7 Å². The monoisotopic (exact) mass is 755 g/mol. The van der Waals surface area contributed by atoms with Crippen LogP contribution in [0.3, 0.4) is 0 Å². The van der Waals surface area contributed by atoms with Gasteiger partial charge in [-0.1, -0.05) is 38.1 Å². The van der Waals surface area contributed by atoms with Crippen molar-refractivity contribution in [2.75, 3.05) is 21.4 Å². The van der Waals surface area contributed by atoms with Crippen molar-refractivity contribution in [3.8, 4) is 11.5 Å². The molecule has 0 aliphatic heterocycles. The van der Waals surface area contributed by atoms with E-state index in [4.69, 9.17) is 0 Å². The third kappa shape index (κ3) is 9.46. The van der Waals surface area contributed by atoms with E-state index in [1.807, 2.05) is 38.1 Å². The molecule has 0 unspecified atom stereocenters. The molecule has 4 aromatic carbocycles. The molecule has 0 amide bonds. The van der Waals surface area contributed by atoms with Gasteiger partial charge in [0.05, 0.1) is 21.8 Å². The molecular weight excluding hydrogens is 707 g/mol. The Labute approximate surface area is 306 Å². The fourth-order valence-corrected chi connectivity index (χ4v) is 6.92. The summed E-state index contributed by atoms with van der Waals surface area (Å²) >= 11 is 0. The number of benzene rings is 4. The highest BCUT2D eigenvalue weighted by molar-refractivity contribution is 7.86. The van der Waals surface area contributed by atoms with Crippen LogP contribution in [0.2, 0.25) is 0 Å². The number of anilines is 4. The van der Waals surface area contributed by atoms with Crippen molar-refractivity contribution < 1.29 is 36.2 Å². The zero-order valence-electron chi connectivity index (χ0n) is 30.5. The Kier molecular flexibility index (Phi) is 11.5. The Morgan fingerprint density at radius 3 is 1.85 bits per heavy atom. The summed E-state index contributed by atoms with van der Waals surface area (Å²) in [7, 11) is -9.19. The summed E-state index contributed by atoms with van der Waals surface area (Å²) in [5.41, 5.74) is 7.52. The van der Waals surface area contributed by atoms with Gasteiger partial charge in [0.25, 0.3) is 20.2 Å². The van der Waals surface area contributed by atoms with Crippen LogP contribution in [-0.2, 0) is 37.7 Å². The average molecular weight is 756 g/mol. The van der Waals surface area contributed by atoms with Gasteiger partial charge >= 0.3 is 0 Å². The Morgan fingerprint density at radius 2 is 1.29 bits per heavy atom. The highest BCUT2D eigenvalue weighted by atomic mass is 32.2. The van der Waals surface area contributed by atoms with E-state index in [1.54, 1.807) is 38.1 Å². The van der Waals surface area contributed by atoms with E-state index in [0.717, 1.165) is 35.0 Å². The second kappa shape index (κ2) is 14.8. The minimum Gasteiger partial charge on any atom is -0.506 e. The van der Waals surface area contributed by atoms with E-state index in [-0.39, 0.29) is 50.8 Å². The third-order valence-electron chi connectivity index (χ3n) is 9.34. The molecule has 4 aromatic rings. The van der Waals surface area contributed by atoms with Crippen molar-refractivity contribution >= 4 is 43.0 Å². The molecular formula is C37H49N5O8S2. The highest BCUT2D eigenvalue weighted by Gasteiger charge is 2.40. The maximum atomic E-state index is 12.7. The molecule has 0 aromatic heterocycles. The number of phenolic OH excluding ortho intramolecular Hbond substituents is 2. The van der Waals surface area contributed by atoms with Gasteiger partial charge in [0.1, 0.15) is 16.4 Å². The first-order chi connectivity index (χ1) is 23.9. The Balaban J connectivity index is 1.50. The van der Waals surface area contributed by atoms with Gasteiger partial charge in [-0.3, -0.25) is 9.11 Å². The molecule has 4 rings (SSSR count). The van der Waals surface area contributed by atoms with Crippen molar-refractivity contribution in [1.29, 1.82) is 0 Å². The van der Waals surface area contributed by atoms with Gasteiger partial charge in [-0.15, -0.1) is 0 Å². The highest BCUT2D eigenvalue weighted by Crippen LogP contribution is 2.42. The van der Waals surface area contributed by atoms with Gasteiger partial charge in [-0.05, 0) is 113 Å². The summed E-state index contributed by atoms with van der Waals surface area (Å²) < 4.78 is 68.1. The third-order valence-corrected chi connectivity index (χ3v) is 11.1. The molecule has 0 spiro atoms. The molecule has 0 atom stereocenters. The van der Waals surface area contributed by atoms with Crippen molar-refractivity contribution in [3.05, 3.63) is 95.6 Å². The van der Waals surface area contributed by atoms with Crippen LogP contribution in [0.5, 0.6) is 11.5 Å². The number of hydrazine groups is 1. The number of aromatic hydroxyl groups is 2. The van der Waals surface area contributed by atoms with E-state index in [2.05, 4.69) is 54.5 Å². The number of nitrogens with one attached hydrogen (secondary N) is 5. The molecule has 0 aliphatic carbocycles. The molecule has 282 valence electrons. The second-order valence-corrected chi connectivity index (χ2v) is 17.5. The van der Waals surface area contributed by atoms with Crippen molar-refractivity contribution in [2.24, 2.45) is 0 Å². The van der Waals surface area contributed by atoms with Crippen LogP contribution in [0.25, 0.3) is 0 Å². The van der Waals surface area contributed by atoms with Gasteiger partial charge in [0.2, 0.25) is 0 Å². The van der Waals surface area contributed by atoms with Gasteiger partial charge in [0, 0.05) is 34.9 Å². The van der Waals surface area contributed by atoms with E-state index in [0.29, 0.717) is 5.69 Å². The van der Waals surface area contributed by atoms with Gasteiger partial charge in [0.15, 0.2) is 0 Å². The molecule has 0 saturated heterocycles. The fourth-order valence-electron chi connectivity index (χ4n) is 5.56. The molecule has 13 nitrogen and oxygen atoms in total. The number of phenols is 2. The molecule has 0 fully saturated rings. The SMILES string of the molecule is CC(C)Nc1ccc(C(C)(C)C(C)(C)Nc2cc(S(=O)(=O)O)c(C(C)(C)NNc3ccc(CNc4cc(S(=O)(=O)O)ccc4O)cc3)cc2O)cc1. The normalized spacial score (nSPS) is 12.8. The van der Waals surface area contributed by atoms with Gasteiger partial charge < -0.3 is 31.6 Å². The maximum absolute atomic E-state index is 12.7. The zero-order chi connectivity index (χ0) is 38.9. The summed E-state index contributed by atoms with van der Waals surface area (Å²) in [5.74, 6) is -0.396. The molecule has 0 aliphatic rings. The molecule has 0 saturated carbocycles. The molecule has 0 bridgehead atoms. The molecule has 0 heterocycles. The zero-order valence-corrected chi connectivity index (χ0v) is 32.2. The van der Waals surface area contributed by atoms with Gasteiger partial charge in [-0.25, -0.2) is 5.43 Å². The first kappa shape index (κ1) is 40.2. The summed E-state index contributed by atoms with van der Waals surface area (Å²) in [6, 6.07) is 21.3. The van der Waals surface area contributed by atoms with Gasteiger partial charge in [-0.2, -0.15) is 16.8 Å². The summed E-state index contributed by atoms with van der Waals surface area (Å²) in [6.07, 6.45) is 0. The lowest BCUT2D eigenvalue weighted by molar-refractivity contribution is 0.332. The molecule has 9 N–H and O–H groups in total. The first-order valence-corrected chi connectivity index (χ1v) is 19.5. The largest absolute Gasteiger partial charge is 0.506 e. The average Bonchev–Trinajstić information content (AvgIpc) is 3.03. The fraction of sp³-hybridized carbons (Fsp3) is 0.351. The molecule has 15 heteroatoms. The summed E-state index contributed by atoms with van der Waals surface area (Å²) in [5, 5.41) is 30.9. The van der Waals surface area contributed by atoms with Crippen LogP contribution in [0.15, 0.2) is 88.7 Å². The van der Waals surface area contributed by atoms with Crippen LogP contribution < -0.4 is 26.8 Å². The lowest BCUT2D eigenvalue weighted by Gasteiger charge is -2.44. The minimum absolute atomic E-state index is 0.114. The van der Waals surface area contributed by atoms with Crippen LogP contribution in [0, 0.1) is 0 Å². The number of rotatable bonds is 15. The van der Waals surface area contributed by atoms with Crippen LogP contribution in [0.4, 0.5) is 22.7 Å². The quantitative estimate of drug-likeness (QED) is 0.0339. The Bertz CT molecular complexity index is 2120. The smallest absolute Gasteiger partial charge is 0.294 e.